The van der Waals surface area contributed by atoms with Crippen LogP contribution in [0.1, 0.15) is 45.4 Å². The third-order valence-electron chi connectivity index (χ3n) is 3.46. The standard InChI is InChI=1S/C16H24INO2S/c1-2-3-9-14-21(19,20)18-16-12-7-8-13-17(16)15-10-5-4-6-11-15/h4-6,10-11H,2-3,7-9,12-14H2,1H3. The minimum atomic E-state index is -3.27. The summed E-state index contributed by atoms with van der Waals surface area (Å²) in [5, 5.41) is 0. The van der Waals surface area contributed by atoms with E-state index < -0.39 is 29.8 Å². The van der Waals surface area contributed by atoms with E-state index in [1.165, 1.54) is 9.99 Å². The molecule has 5 heteroatoms. The number of hydrogen-bond acceptors (Lipinski definition) is 2. The van der Waals surface area contributed by atoms with Crippen LogP contribution in [-0.2, 0) is 10.0 Å². The SMILES string of the molecule is CCCCCS(=O)(=O)N=C1CCCCI1c1ccccc1. The molecular formula is C16H24INO2S. The maximum atomic E-state index is 12.2. The zero-order valence-electron chi connectivity index (χ0n) is 12.6. The van der Waals surface area contributed by atoms with Gasteiger partial charge in [0.1, 0.15) is 0 Å². The monoisotopic (exact) mass is 421 g/mol. The van der Waals surface area contributed by atoms with Crippen LogP contribution in [0.5, 0.6) is 0 Å². The second kappa shape index (κ2) is 8.27. The Labute approximate surface area is 135 Å². The Morgan fingerprint density at radius 1 is 1.14 bits per heavy atom. The van der Waals surface area contributed by atoms with Crippen LogP contribution < -0.4 is 0 Å². The molecule has 1 aromatic rings. The zero-order valence-corrected chi connectivity index (χ0v) is 15.6. The van der Waals surface area contributed by atoms with Crippen LogP contribution in [0.15, 0.2) is 34.7 Å². The second-order valence-electron chi connectivity index (χ2n) is 5.26. The molecule has 0 spiro atoms. The van der Waals surface area contributed by atoms with Gasteiger partial charge in [-0.3, -0.25) is 0 Å². The van der Waals surface area contributed by atoms with Crippen LogP contribution in [0.3, 0.4) is 0 Å². The van der Waals surface area contributed by atoms with E-state index in [0.717, 1.165) is 40.3 Å². The van der Waals surface area contributed by atoms with Gasteiger partial charge >= 0.3 is 136 Å². The summed E-state index contributed by atoms with van der Waals surface area (Å²) >= 11 is -1.57. The number of rotatable bonds is 6. The molecule has 0 aromatic heterocycles. The molecule has 0 atom stereocenters. The van der Waals surface area contributed by atoms with Gasteiger partial charge in [-0.05, 0) is 0 Å². The van der Waals surface area contributed by atoms with Crippen molar-refractivity contribution in [1.82, 2.24) is 0 Å². The van der Waals surface area contributed by atoms with Crippen molar-refractivity contribution in [1.29, 1.82) is 0 Å². The van der Waals surface area contributed by atoms with Gasteiger partial charge < -0.3 is 0 Å². The van der Waals surface area contributed by atoms with Crippen molar-refractivity contribution in [2.75, 3.05) is 10.2 Å². The normalized spacial score (nSPS) is 19.9. The first-order chi connectivity index (χ1) is 10.1. The van der Waals surface area contributed by atoms with Crippen molar-refractivity contribution in [3.05, 3.63) is 33.9 Å². The molecule has 1 fully saturated rings. The van der Waals surface area contributed by atoms with E-state index >= 15 is 0 Å². The van der Waals surface area contributed by atoms with E-state index in [2.05, 4.69) is 35.6 Å². The molecule has 0 amide bonds. The first-order valence-electron chi connectivity index (χ1n) is 7.64. The Balaban J connectivity index is 2.16. The van der Waals surface area contributed by atoms with Crippen molar-refractivity contribution in [2.45, 2.75) is 45.4 Å². The predicted molar refractivity (Wildman–Crippen MR) is 98.6 cm³/mol. The van der Waals surface area contributed by atoms with E-state index in [-0.39, 0.29) is 5.75 Å². The second-order valence-corrected chi connectivity index (χ2v) is 12.7. The van der Waals surface area contributed by atoms with Crippen LogP contribution in [0.25, 0.3) is 0 Å². The van der Waals surface area contributed by atoms with E-state index in [1.807, 2.05) is 6.07 Å². The van der Waals surface area contributed by atoms with E-state index in [1.54, 1.807) is 0 Å². The van der Waals surface area contributed by atoms with Crippen LogP contribution in [0, 0.1) is 3.57 Å². The summed E-state index contributed by atoms with van der Waals surface area (Å²) in [6.45, 7) is 2.08. The number of benzene rings is 1. The molecule has 1 aromatic carbocycles. The first kappa shape index (κ1) is 16.9. The summed E-state index contributed by atoms with van der Waals surface area (Å²) in [7, 11) is -3.27. The van der Waals surface area contributed by atoms with Crippen LogP contribution in [0.2, 0.25) is 0 Å². The summed E-state index contributed by atoms with van der Waals surface area (Å²) in [6, 6.07) is 10.4. The number of nitrogens with zero attached hydrogens (tertiary/aromatic N) is 1. The Kier molecular flexibility index (Phi) is 6.67. The van der Waals surface area contributed by atoms with Crippen molar-refractivity contribution in [2.24, 2.45) is 4.40 Å². The Morgan fingerprint density at radius 3 is 2.62 bits per heavy atom. The van der Waals surface area contributed by atoms with Crippen molar-refractivity contribution >= 4 is 33.6 Å². The molecule has 0 radical (unpaired) electrons. The van der Waals surface area contributed by atoms with Gasteiger partial charge in [0.25, 0.3) is 0 Å². The number of alkyl halides is 1. The van der Waals surface area contributed by atoms with Gasteiger partial charge in [-0.25, -0.2) is 0 Å². The summed E-state index contributed by atoms with van der Waals surface area (Å²) in [4.78, 5) is 0. The van der Waals surface area contributed by atoms with Gasteiger partial charge in [-0.1, -0.05) is 0 Å². The van der Waals surface area contributed by atoms with Crippen molar-refractivity contribution in [3.63, 3.8) is 0 Å². The van der Waals surface area contributed by atoms with Gasteiger partial charge in [-0.2, -0.15) is 0 Å². The Bertz CT molecular complexity index is 569. The van der Waals surface area contributed by atoms with Crippen LogP contribution in [0.4, 0.5) is 0 Å². The fourth-order valence-corrected chi connectivity index (χ4v) is 10.7. The third-order valence-corrected chi connectivity index (χ3v) is 11.4. The van der Waals surface area contributed by atoms with Gasteiger partial charge in [0.15, 0.2) is 0 Å². The van der Waals surface area contributed by atoms with E-state index in [0.29, 0.717) is 0 Å². The van der Waals surface area contributed by atoms with Gasteiger partial charge in [0.05, 0.1) is 0 Å². The van der Waals surface area contributed by atoms with Crippen LogP contribution >= 0.6 is 19.8 Å². The molecule has 1 heterocycles. The number of sulfonamides is 1. The first-order valence-corrected chi connectivity index (χ1v) is 12.9. The number of halogens is 1. The third kappa shape index (κ3) is 5.36. The average Bonchev–Trinajstić information content (AvgIpc) is 2.48. The molecule has 1 aliphatic heterocycles. The summed E-state index contributed by atoms with van der Waals surface area (Å²) in [5.74, 6) is 0.211. The number of hydrogen-bond donors (Lipinski definition) is 0. The van der Waals surface area contributed by atoms with Crippen molar-refractivity contribution in [3.8, 4) is 0 Å². The molecule has 3 nitrogen and oxygen atoms in total. The Hall–Kier alpha value is -0.430. The molecule has 0 aliphatic carbocycles. The minimum absolute atomic E-state index is 0.211. The maximum absolute atomic E-state index is 12.2. The summed E-state index contributed by atoms with van der Waals surface area (Å²) in [5.41, 5.74) is 0. The molecule has 0 saturated carbocycles. The average molecular weight is 421 g/mol. The molecule has 0 N–H and O–H groups in total. The molecule has 0 bridgehead atoms. The summed E-state index contributed by atoms with van der Waals surface area (Å²) < 4.78 is 32.2. The van der Waals surface area contributed by atoms with Crippen LogP contribution in [-0.4, -0.2) is 22.3 Å². The zero-order chi connectivity index (χ0) is 15.1. The quantitative estimate of drug-likeness (QED) is 0.387. The van der Waals surface area contributed by atoms with E-state index in [4.69, 9.17) is 0 Å². The predicted octanol–water partition coefficient (Wildman–Crippen LogP) is 4.47. The number of unbranched alkanes of at least 4 members (excludes halogenated alkanes) is 2. The van der Waals surface area contributed by atoms with Gasteiger partial charge in [0.2, 0.25) is 0 Å². The molecule has 0 unspecified atom stereocenters. The fraction of sp³-hybridized carbons (Fsp3) is 0.562. The Morgan fingerprint density at radius 2 is 1.90 bits per heavy atom. The van der Waals surface area contributed by atoms with Crippen molar-refractivity contribution < 1.29 is 8.42 Å². The van der Waals surface area contributed by atoms with E-state index in [9.17, 15) is 8.42 Å². The molecule has 2 rings (SSSR count). The molecule has 1 saturated heterocycles. The molecule has 1 aliphatic rings. The van der Waals surface area contributed by atoms with Gasteiger partial charge in [0, 0.05) is 0 Å². The fourth-order valence-electron chi connectivity index (χ4n) is 2.34. The summed E-state index contributed by atoms with van der Waals surface area (Å²) in [6.07, 6.45) is 5.92. The molecular weight excluding hydrogens is 397 g/mol. The molecule has 118 valence electrons. The molecule has 21 heavy (non-hydrogen) atoms. The van der Waals surface area contributed by atoms with Gasteiger partial charge in [-0.15, -0.1) is 0 Å². The topological polar surface area (TPSA) is 46.5 Å².